The molecule has 0 fully saturated rings. The minimum Gasteiger partial charge on any atom is -0.512 e. The normalized spacial score (nSPS) is 10.3. The minimum absolute atomic E-state index is 0. The van der Waals surface area contributed by atoms with Crippen LogP contribution in [-0.2, 0) is 66.1 Å². The topological polar surface area (TPSA) is 101 Å². The van der Waals surface area contributed by atoms with Gasteiger partial charge in [0.2, 0.25) is 0 Å². The number of aliphatic hydroxyl groups excluding tert-OH is 1. The molecule has 0 aliphatic carbocycles. The number of fused-ring (bicyclic) bond motifs is 2. The van der Waals surface area contributed by atoms with Crippen molar-refractivity contribution < 1.29 is 71.2 Å². The van der Waals surface area contributed by atoms with Crippen LogP contribution in [0.5, 0.6) is 0 Å². The summed E-state index contributed by atoms with van der Waals surface area (Å²) in [7, 11) is 0. The first-order chi connectivity index (χ1) is 38.7. The number of aryl methyl sites for hydroxylation is 2. The van der Waals surface area contributed by atoms with Crippen molar-refractivity contribution in [2.75, 3.05) is 0 Å². The molecule has 0 saturated carbocycles. The third-order valence-corrected chi connectivity index (χ3v) is 11.9. The maximum atomic E-state index is 10.0. The molecule has 12 rings (SSSR count). The summed E-state index contributed by atoms with van der Waals surface area (Å²) in [4.78, 5) is 32.3. The largest absolute Gasteiger partial charge is 2.00 e. The number of aliphatic imine (C=N–C) groups is 1. The van der Waals surface area contributed by atoms with Gasteiger partial charge in [0.15, 0.2) is 5.78 Å². The fraction of sp³-hybridized carbons (Fsp3) is 0.0556. The Hall–Kier alpha value is -8.25. The Bertz CT molecular complexity index is 3890. The first-order valence-electron chi connectivity index (χ1n) is 25.6. The number of nitrogens with zero attached hydrogens (tertiary/aromatic N) is 5. The van der Waals surface area contributed by atoms with Crippen LogP contribution in [0.25, 0.3) is 77.7 Å². The van der Waals surface area contributed by atoms with E-state index in [-0.39, 0.29) is 72.8 Å². The number of carbonyl (C=O) groups excluding carboxylic acids is 1. The molecule has 0 aliphatic rings. The van der Waals surface area contributed by atoms with Crippen LogP contribution in [0.1, 0.15) is 30.5 Å². The molecule has 4 aromatic heterocycles. The van der Waals surface area contributed by atoms with E-state index in [4.69, 9.17) is 10.1 Å². The maximum Gasteiger partial charge on any atom is 2.00 e. The van der Waals surface area contributed by atoms with E-state index in [9.17, 15) is 4.79 Å². The molecule has 0 spiro atoms. The van der Waals surface area contributed by atoms with E-state index in [0.29, 0.717) is 0 Å². The SMILES string of the molecule is CC(=O)C=C(C)O.Cc1cc[c-]c(-c2ncc3ccccc3c2C)c1.[Ir].[Ir].[Pt+2].[c-]1c(C=Nc2ccccc2-c2[c-]cccc2)cccc1-c1ccccn1.[c-]1ccccc1-c1cc2ccccc2cn1.[c-]1ccccc1-c1ccccn1. The summed E-state index contributed by atoms with van der Waals surface area (Å²) < 4.78 is 0. The van der Waals surface area contributed by atoms with E-state index in [1.807, 2.05) is 188 Å². The molecule has 2 radical (unpaired) electrons. The zero-order valence-corrected chi connectivity index (χ0v) is 52.5. The second kappa shape index (κ2) is 34.1. The zero-order chi connectivity index (χ0) is 55.0. The van der Waals surface area contributed by atoms with E-state index >= 15 is 0 Å². The third-order valence-electron chi connectivity index (χ3n) is 11.9. The summed E-state index contributed by atoms with van der Waals surface area (Å²) >= 11 is 0. The van der Waals surface area contributed by atoms with Crippen LogP contribution in [-0.4, -0.2) is 37.0 Å². The van der Waals surface area contributed by atoms with Crippen LogP contribution >= 0.6 is 0 Å². The molecule has 0 aliphatic heterocycles. The number of allylic oxidation sites excluding steroid dienone is 2. The van der Waals surface area contributed by atoms with E-state index in [2.05, 4.69) is 119 Å². The molecule has 0 unspecified atom stereocenters. The number of benzene rings is 8. The van der Waals surface area contributed by atoms with Gasteiger partial charge in [0.1, 0.15) is 0 Å². The van der Waals surface area contributed by atoms with Gasteiger partial charge in [-0.3, -0.25) is 9.78 Å². The quantitative estimate of drug-likeness (QED) is 0.0704. The summed E-state index contributed by atoms with van der Waals surface area (Å²) in [6.45, 7) is 7.07. The number of hydrogen-bond donors (Lipinski definition) is 1. The van der Waals surface area contributed by atoms with Gasteiger partial charge in [-0.15, -0.1) is 173 Å². The summed E-state index contributed by atoms with van der Waals surface area (Å²) in [5.41, 5.74) is 14.3. The zero-order valence-electron chi connectivity index (χ0n) is 45.4. The number of rotatable bonds is 8. The Morgan fingerprint density at radius 3 is 1.62 bits per heavy atom. The standard InChI is InChI=1S/C24H16N2.C17H14N.C15H10N.C11H8N.C5H8O2.2Ir.Pt/c1-2-10-20(11-3-1)22-13-4-5-15-24(22)26-18-19-9-8-12-21(17-19)23-14-6-7-16-25-23;1-12-6-5-8-14(10-12)17-13(2)16-9-4-3-7-15(16)11-18-17;1-2-6-12(7-3-1)15-10-13-8-4-5-9-14(13)11-16-15;1-2-6-10(7-3-1)11-8-4-5-9-12-11;1-4(6)3-5(2)7;;;/h1-10,12-16,18H;3-7,9-11H,1-2H3;1-6,8-11H;1-6,8-9H;3,6H,1-2H3;;;/q-2;3*-1;;;;+2. The molecule has 0 amide bonds. The molecule has 12 aromatic rings. The van der Waals surface area contributed by atoms with Crippen molar-refractivity contribution in [3.05, 3.63) is 308 Å². The van der Waals surface area contributed by atoms with Crippen molar-refractivity contribution in [2.45, 2.75) is 27.7 Å². The fourth-order valence-electron chi connectivity index (χ4n) is 8.20. The van der Waals surface area contributed by atoms with Crippen LogP contribution < -0.4 is 0 Å². The molecule has 82 heavy (non-hydrogen) atoms. The van der Waals surface area contributed by atoms with Crippen molar-refractivity contribution in [3.8, 4) is 56.2 Å². The van der Waals surface area contributed by atoms with Gasteiger partial charge in [-0.2, -0.15) is 0 Å². The van der Waals surface area contributed by atoms with Crippen LogP contribution in [0.3, 0.4) is 0 Å². The molecule has 4 heterocycles. The van der Waals surface area contributed by atoms with Gasteiger partial charge in [-0.25, -0.2) is 0 Å². The van der Waals surface area contributed by atoms with E-state index in [1.54, 1.807) is 12.4 Å². The van der Waals surface area contributed by atoms with E-state index in [0.717, 1.165) is 67.4 Å². The molecule has 1 N–H and O–H groups in total. The van der Waals surface area contributed by atoms with E-state index < -0.39 is 0 Å². The Morgan fingerprint density at radius 1 is 0.488 bits per heavy atom. The third kappa shape index (κ3) is 19.5. The Morgan fingerprint density at radius 2 is 1.02 bits per heavy atom. The summed E-state index contributed by atoms with van der Waals surface area (Å²) in [6.07, 6.45) is 10.4. The second-order valence-corrected chi connectivity index (χ2v) is 18.0. The Balaban J connectivity index is 0.000000196. The number of aromatic nitrogens is 4. The molecule has 0 bridgehead atoms. The van der Waals surface area contributed by atoms with Crippen molar-refractivity contribution in [1.82, 2.24) is 19.9 Å². The second-order valence-electron chi connectivity index (χ2n) is 18.0. The summed E-state index contributed by atoms with van der Waals surface area (Å²) in [5.74, 6) is -0.0625. The molecule has 7 nitrogen and oxygen atoms in total. The molecule has 0 atom stereocenters. The van der Waals surface area contributed by atoms with E-state index in [1.165, 1.54) is 52.6 Å². The first kappa shape index (κ1) is 64.6. The molecule has 0 saturated heterocycles. The molecular weight excluding hydrogens is 1550 g/mol. The van der Waals surface area contributed by atoms with Gasteiger partial charge in [0.05, 0.1) is 5.76 Å². The number of carbonyl (C=O) groups is 1. The smallest absolute Gasteiger partial charge is 0.512 e. The van der Waals surface area contributed by atoms with Crippen molar-refractivity contribution in [2.24, 2.45) is 4.99 Å². The molecule has 412 valence electrons. The van der Waals surface area contributed by atoms with Crippen molar-refractivity contribution in [1.29, 1.82) is 0 Å². The number of aliphatic hydroxyl groups is 1. The number of hydrogen-bond acceptors (Lipinski definition) is 7. The number of ketones is 1. The van der Waals surface area contributed by atoms with Crippen LogP contribution in [0, 0.1) is 44.2 Å². The average molecular weight is 1600 g/mol. The predicted octanol–water partition coefficient (Wildman–Crippen LogP) is 17.4. The molecule has 8 aromatic carbocycles. The Labute approximate surface area is 523 Å². The monoisotopic (exact) mass is 1600 g/mol. The van der Waals surface area contributed by atoms with Gasteiger partial charge < -0.3 is 25.1 Å². The van der Waals surface area contributed by atoms with Gasteiger partial charge in [0.25, 0.3) is 0 Å². The Kier molecular flexibility index (Phi) is 26.9. The van der Waals surface area contributed by atoms with Gasteiger partial charge in [0, 0.05) is 82.5 Å². The van der Waals surface area contributed by atoms with Crippen LogP contribution in [0.15, 0.2) is 266 Å². The summed E-state index contributed by atoms with van der Waals surface area (Å²) in [5, 5.41) is 13.2. The minimum atomic E-state index is -0.125. The van der Waals surface area contributed by atoms with Crippen LogP contribution in [0.2, 0.25) is 0 Å². The van der Waals surface area contributed by atoms with Gasteiger partial charge >= 0.3 is 21.1 Å². The fourth-order valence-corrected chi connectivity index (χ4v) is 8.20. The maximum absolute atomic E-state index is 10.0. The van der Waals surface area contributed by atoms with Gasteiger partial charge in [-0.05, 0) is 83.8 Å². The van der Waals surface area contributed by atoms with Crippen molar-refractivity contribution >= 4 is 39.2 Å². The number of para-hydroxylation sites is 1. The number of pyridine rings is 4. The average Bonchev–Trinajstić information content (AvgIpc) is 3.66. The first-order valence-corrected chi connectivity index (χ1v) is 25.6. The van der Waals surface area contributed by atoms with Gasteiger partial charge in [-0.1, -0.05) is 121 Å². The molecule has 10 heteroatoms. The van der Waals surface area contributed by atoms with Crippen LogP contribution in [0.4, 0.5) is 5.69 Å². The molecular formula is C72H56Ir2N5O2Pt-3. The summed E-state index contributed by atoms with van der Waals surface area (Å²) in [6, 6.07) is 90.5. The predicted molar refractivity (Wildman–Crippen MR) is 324 cm³/mol. The van der Waals surface area contributed by atoms with Crippen molar-refractivity contribution in [3.63, 3.8) is 0 Å².